The molecule has 0 heterocycles. The third-order valence-electron chi connectivity index (χ3n) is 2.35. The molecule has 3 heteroatoms. The second-order valence-electron chi connectivity index (χ2n) is 4.01. The van der Waals surface area contributed by atoms with Gasteiger partial charge in [-0.05, 0) is 30.5 Å². The van der Waals surface area contributed by atoms with Gasteiger partial charge in [0.2, 0.25) is 0 Å². The highest BCUT2D eigenvalue weighted by Gasteiger charge is 1.96. The summed E-state index contributed by atoms with van der Waals surface area (Å²) in [5, 5.41) is 0.207. The Morgan fingerprint density at radius 3 is 2.25 bits per heavy atom. The lowest BCUT2D eigenvalue weighted by atomic mass is 10.1. The Morgan fingerprint density at radius 1 is 1.12 bits per heavy atom. The van der Waals surface area contributed by atoms with Gasteiger partial charge in [0.1, 0.15) is 0 Å². The lowest BCUT2D eigenvalue weighted by molar-refractivity contribution is -0.135. The largest absolute Gasteiger partial charge is 0.415 e. The standard InChI is InChI=1S/C13H23ClO2/c1-3-4-5-6-7-8-9-10-11-13(14)16-12(2)15/h11H,3-10H2,1-2H3/b13-11+. The first kappa shape index (κ1) is 15.5. The van der Waals surface area contributed by atoms with Gasteiger partial charge in [0.25, 0.3) is 0 Å². The third kappa shape index (κ3) is 11.6. The molecule has 0 aromatic rings. The predicted octanol–water partition coefficient (Wildman–Crippen LogP) is 4.77. The van der Waals surface area contributed by atoms with Gasteiger partial charge in [0.05, 0.1) is 0 Å². The van der Waals surface area contributed by atoms with Crippen LogP contribution in [0.2, 0.25) is 0 Å². The Balaban J connectivity index is 3.28. The highest BCUT2D eigenvalue weighted by Crippen LogP contribution is 2.11. The zero-order valence-corrected chi connectivity index (χ0v) is 11.2. The first-order valence-corrected chi connectivity index (χ1v) is 6.58. The number of hydrogen-bond donors (Lipinski definition) is 0. The molecule has 0 unspecified atom stereocenters. The number of hydrogen-bond acceptors (Lipinski definition) is 2. The molecule has 94 valence electrons. The molecule has 0 aliphatic rings. The molecular formula is C13H23ClO2. The maximum absolute atomic E-state index is 10.5. The molecule has 0 N–H and O–H groups in total. The summed E-state index contributed by atoms with van der Waals surface area (Å²) in [6.07, 6.45) is 11.6. The summed E-state index contributed by atoms with van der Waals surface area (Å²) >= 11 is 5.68. The summed E-state index contributed by atoms with van der Waals surface area (Å²) in [7, 11) is 0. The van der Waals surface area contributed by atoms with Crippen molar-refractivity contribution in [1.29, 1.82) is 0 Å². The molecule has 0 spiro atoms. The first-order valence-electron chi connectivity index (χ1n) is 6.21. The van der Waals surface area contributed by atoms with Crippen molar-refractivity contribution in [1.82, 2.24) is 0 Å². The number of halogens is 1. The average molecular weight is 247 g/mol. The fraction of sp³-hybridized carbons (Fsp3) is 0.769. The van der Waals surface area contributed by atoms with Crippen LogP contribution >= 0.6 is 11.6 Å². The number of unbranched alkanes of at least 4 members (excludes halogenated alkanes) is 7. The van der Waals surface area contributed by atoms with E-state index in [1.807, 2.05) is 0 Å². The van der Waals surface area contributed by atoms with Crippen LogP contribution in [-0.4, -0.2) is 5.97 Å². The maximum Gasteiger partial charge on any atom is 0.308 e. The summed E-state index contributed by atoms with van der Waals surface area (Å²) < 4.78 is 4.70. The van der Waals surface area contributed by atoms with E-state index in [-0.39, 0.29) is 11.2 Å². The molecule has 0 atom stereocenters. The molecule has 16 heavy (non-hydrogen) atoms. The van der Waals surface area contributed by atoms with Crippen LogP contribution in [0.4, 0.5) is 0 Å². The summed E-state index contributed by atoms with van der Waals surface area (Å²) in [5.74, 6) is -0.360. The van der Waals surface area contributed by atoms with Crippen LogP contribution < -0.4 is 0 Å². The van der Waals surface area contributed by atoms with Gasteiger partial charge in [-0.3, -0.25) is 4.79 Å². The summed E-state index contributed by atoms with van der Waals surface area (Å²) in [6, 6.07) is 0. The lowest BCUT2D eigenvalue weighted by Crippen LogP contribution is -1.93. The van der Waals surface area contributed by atoms with Crippen molar-refractivity contribution in [2.45, 2.75) is 65.2 Å². The Morgan fingerprint density at radius 2 is 1.69 bits per heavy atom. The molecule has 0 saturated carbocycles. The SMILES string of the molecule is CCCCCCCCC/C=C(\Cl)OC(C)=O. The van der Waals surface area contributed by atoms with E-state index < -0.39 is 0 Å². The van der Waals surface area contributed by atoms with Crippen molar-refractivity contribution in [3.8, 4) is 0 Å². The van der Waals surface area contributed by atoms with Crippen LogP contribution in [0.15, 0.2) is 11.3 Å². The smallest absolute Gasteiger partial charge is 0.308 e. The van der Waals surface area contributed by atoms with Crippen molar-refractivity contribution in [3.63, 3.8) is 0 Å². The molecule has 0 aliphatic carbocycles. The average Bonchev–Trinajstić information content (AvgIpc) is 2.21. The summed E-state index contributed by atoms with van der Waals surface area (Å²) in [6.45, 7) is 3.58. The second kappa shape index (κ2) is 11.0. The molecule has 0 aromatic heterocycles. The molecule has 0 rings (SSSR count). The minimum atomic E-state index is -0.360. The van der Waals surface area contributed by atoms with E-state index >= 15 is 0 Å². The number of esters is 1. The Kier molecular flexibility index (Phi) is 10.7. The van der Waals surface area contributed by atoms with E-state index in [0.717, 1.165) is 12.8 Å². The van der Waals surface area contributed by atoms with Crippen LogP contribution in [-0.2, 0) is 9.53 Å². The van der Waals surface area contributed by atoms with Gasteiger partial charge in [0.15, 0.2) is 5.22 Å². The molecule has 0 fully saturated rings. The summed E-state index contributed by atoms with van der Waals surface area (Å²) in [5.41, 5.74) is 0. The summed E-state index contributed by atoms with van der Waals surface area (Å²) in [4.78, 5) is 10.5. The van der Waals surface area contributed by atoms with Crippen molar-refractivity contribution >= 4 is 17.6 Å². The van der Waals surface area contributed by atoms with Crippen molar-refractivity contribution in [3.05, 3.63) is 11.3 Å². The van der Waals surface area contributed by atoms with E-state index in [9.17, 15) is 4.79 Å². The van der Waals surface area contributed by atoms with Crippen LogP contribution in [0.5, 0.6) is 0 Å². The first-order chi connectivity index (χ1) is 7.66. The topological polar surface area (TPSA) is 26.3 Å². The number of allylic oxidation sites excluding steroid dienone is 1. The zero-order chi connectivity index (χ0) is 12.2. The Hall–Kier alpha value is -0.500. The van der Waals surface area contributed by atoms with Crippen molar-refractivity contribution in [2.24, 2.45) is 0 Å². The number of carbonyl (C=O) groups excluding carboxylic acids is 1. The molecule has 2 nitrogen and oxygen atoms in total. The quantitative estimate of drug-likeness (QED) is 0.333. The normalized spacial score (nSPS) is 11.6. The van der Waals surface area contributed by atoms with E-state index in [2.05, 4.69) is 6.92 Å². The monoisotopic (exact) mass is 246 g/mol. The van der Waals surface area contributed by atoms with Crippen LogP contribution in [0, 0.1) is 0 Å². The van der Waals surface area contributed by atoms with E-state index in [4.69, 9.17) is 16.3 Å². The van der Waals surface area contributed by atoms with Gasteiger partial charge in [-0.15, -0.1) is 0 Å². The van der Waals surface area contributed by atoms with Crippen molar-refractivity contribution in [2.75, 3.05) is 0 Å². The minimum Gasteiger partial charge on any atom is -0.415 e. The van der Waals surface area contributed by atoms with Gasteiger partial charge < -0.3 is 4.74 Å². The van der Waals surface area contributed by atoms with Gasteiger partial charge in [-0.25, -0.2) is 0 Å². The van der Waals surface area contributed by atoms with Crippen LogP contribution in [0.1, 0.15) is 65.2 Å². The van der Waals surface area contributed by atoms with Gasteiger partial charge in [-0.1, -0.05) is 45.4 Å². The van der Waals surface area contributed by atoms with Crippen LogP contribution in [0.3, 0.4) is 0 Å². The van der Waals surface area contributed by atoms with Crippen molar-refractivity contribution < 1.29 is 9.53 Å². The molecule has 0 bridgehead atoms. The maximum atomic E-state index is 10.5. The number of rotatable bonds is 9. The van der Waals surface area contributed by atoms with Gasteiger partial charge in [-0.2, -0.15) is 0 Å². The number of carbonyl (C=O) groups is 1. The fourth-order valence-electron chi connectivity index (χ4n) is 1.50. The van der Waals surface area contributed by atoms with E-state index in [1.165, 1.54) is 45.4 Å². The minimum absolute atomic E-state index is 0.207. The molecule has 0 aromatic carbocycles. The van der Waals surface area contributed by atoms with E-state index in [0.29, 0.717) is 0 Å². The third-order valence-corrected chi connectivity index (χ3v) is 2.59. The highest BCUT2D eigenvalue weighted by molar-refractivity contribution is 6.28. The predicted molar refractivity (Wildman–Crippen MR) is 68.3 cm³/mol. The molecule has 0 radical (unpaired) electrons. The highest BCUT2D eigenvalue weighted by atomic mass is 35.5. The molecular weight excluding hydrogens is 224 g/mol. The van der Waals surface area contributed by atoms with Gasteiger partial charge in [0, 0.05) is 6.92 Å². The molecule has 0 amide bonds. The Bertz CT molecular complexity index is 212. The number of ether oxygens (including phenoxy) is 1. The molecule has 0 aliphatic heterocycles. The zero-order valence-electron chi connectivity index (χ0n) is 10.4. The van der Waals surface area contributed by atoms with Gasteiger partial charge >= 0.3 is 5.97 Å². The van der Waals surface area contributed by atoms with Crippen LogP contribution in [0.25, 0.3) is 0 Å². The fourth-order valence-corrected chi connectivity index (χ4v) is 1.71. The second-order valence-corrected chi connectivity index (χ2v) is 4.38. The van der Waals surface area contributed by atoms with E-state index in [1.54, 1.807) is 6.08 Å². The Labute approximate surface area is 104 Å². The molecule has 0 saturated heterocycles. The lowest BCUT2D eigenvalue weighted by Gasteiger charge is -2.00.